The van der Waals surface area contributed by atoms with Gasteiger partial charge in [-0.1, -0.05) is 12.5 Å². The van der Waals surface area contributed by atoms with Crippen molar-refractivity contribution in [2.75, 3.05) is 13.2 Å². The maximum Gasteiger partial charge on any atom is 0.348 e. The Morgan fingerprint density at radius 3 is 2.23 bits per heavy atom. The Morgan fingerprint density at radius 2 is 1.85 bits per heavy atom. The molecule has 3 heteroatoms. The van der Waals surface area contributed by atoms with Crippen molar-refractivity contribution in [1.82, 2.24) is 0 Å². The number of hydrogen-bond donors (Lipinski definition) is 0. The minimum Gasteiger partial charge on any atom is -0.394 e. The van der Waals surface area contributed by atoms with Crippen LogP contribution in [0.15, 0.2) is 11.8 Å². The van der Waals surface area contributed by atoms with E-state index in [-0.39, 0.29) is 0 Å². The lowest BCUT2D eigenvalue weighted by Crippen LogP contribution is -2.21. The van der Waals surface area contributed by atoms with Crippen LogP contribution in [0.2, 0.25) is 0 Å². The van der Waals surface area contributed by atoms with Crippen molar-refractivity contribution in [2.24, 2.45) is 5.92 Å². The zero-order chi connectivity index (χ0) is 9.52. The Kier molecular flexibility index (Phi) is 5.35. The first-order valence-electron chi connectivity index (χ1n) is 5.28. The highest BCUT2D eigenvalue weighted by atomic mass is 28.3. The van der Waals surface area contributed by atoms with Gasteiger partial charge in [-0.25, -0.2) is 0 Å². The van der Waals surface area contributed by atoms with Gasteiger partial charge >= 0.3 is 9.28 Å². The molecule has 0 amide bonds. The summed E-state index contributed by atoms with van der Waals surface area (Å²) in [6.45, 7) is 5.59. The van der Waals surface area contributed by atoms with Gasteiger partial charge in [0.05, 0.1) is 0 Å². The Labute approximate surface area is 82.8 Å². The second kappa shape index (κ2) is 6.35. The summed E-state index contributed by atoms with van der Waals surface area (Å²) in [5, 5.41) is 0. The molecule has 0 radical (unpaired) electrons. The highest BCUT2D eigenvalue weighted by molar-refractivity contribution is 6.50. The summed E-state index contributed by atoms with van der Waals surface area (Å²) in [7, 11) is -1.45. The number of rotatable bonds is 6. The van der Waals surface area contributed by atoms with Crippen molar-refractivity contribution < 1.29 is 8.85 Å². The summed E-state index contributed by atoms with van der Waals surface area (Å²) in [5.41, 5.74) is 2.19. The van der Waals surface area contributed by atoms with Gasteiger partial charge in [-0.05, 0) is 38.3 Å². The quantitative estimate of drug-likeness (QED) is 0.612. The molecule has 0 heterocycles. The maximum absolute atomic E-state index is 5.53. The van der Waals surface area contributed by atoms with Crippen molar-refractivity contribution in [3.8, 4) is 0 Å². The van der Waals surface area contributed by atoms with Gasteiger partial charge in [-0.2, -0.15) is 0 Å². The van der Waals surface area contributed by atoms with Crippen LogP contribution < -0.4 is 0 Å². The molecule has 0 bridgehead atoms. The second-order valence-corrected chi connectivity index (χ2v) is 5.14. The van der Waals surface area contributed by atoms with Crippen LogP contribution in [0.25, 0.3) is 0 Å². The first kappa shape index (κ1) is 11.0. The van der Waals surface area contributed by atoms with E-state index in [0.717, 1.165) is 19.1 Å². The van der Waals surface area contributed by atoms with E-state index >= 15 is 0 Å². The van der Waals surface area contributed by atoms with Crippen molar-refractivity contribution in [1.29, 1.82) is 0 Å². The van der Waals surface area contributed by atoms with Crippen LogP contribution in [0, 0.1) is 5.92 Å². The first-order chi connectivity index (χ1) is 6.36. The molecule has 0 N–H and O–H groups in total. The monoisotopic (exact) mass is 200 g/mol. The predicted molar refractivity (Wildman–Crippen MR) is 56.9 cm³/mol. The summed E-state index contributed by atoms with van der Waals surface area (Å²) in [6.07, 6.45) is 6.40. The summed E-state index contributed by atoms with van der Waals surface area (Å²) in [4.78, 5) is 0. The Balaban J connectivity index is 2.22. The molecule has 1 fully saturated rings. The third-order valence-corrected chi connectivity index (χ3v) is 4.21. The first-order valence-corrected chi connectivity index (χ1v) is 6.89. The van der Waals surface area contributed by atoms with E-state index in [1.165, 1.54) is 19.3 Å². The molecule has 0 aromatic rings. The molecular formula is C10H20O2Si. The molecule has 1 aliphatic rings. The lowest BCUT2D eigenvalue weighted by atomic mass is 9.86. The van der Waals surface area contributed by atoms with E-state index in [0.29, 0.717) is 0 Å². The van der Waals surface area contributed by atoms with E-state index in [4.69, 9.17) is 8.85 Å². The van der Waals surface area contributed by atoms with Gasteiger partial charge < -0.3 is 8.85 Å². The third kappa shape index (κ3) is 4.07. The molecule has 0 aromatic carbocycles. The lowest BCUT2D eigenvalue weighted by molar-refractivity contribution is 0.224. The largest absolute Gasteiger partial charge is 0.394 e. The van der Waals surface area contributed by atoms with Crippen molar-refractivity contribution in [2.45, 2.75) is 33.1 Å². The average molecular weight is 200 g/mol. The van der Waals surface area contributed by atoms with Crippen LogP contribution in [-0.4, -0.2) is 22.5 Å². The molecule has 1 rings (SSSR count). The van der Waals surface area contributed by atoms with E-state index in [1.54, 1.807) is 0 Å². The third-order valence-electron chi connectivity index (χ3n) is 2.35. The van der Waals surface area contributed by atoms with E-state index in [9.17, 15) is 0 Å². The van der Waals surface area contributed by atoms with E-state index in [1.807, 2.05) is 13.8 Å². The van der Waals surface area contributed by atoms with Gasteiger partial charge in [0.2, 0.25) is 0 Å². The fourth-order valence-electron chi connectivity index (χ4n) is 1.37. The summed E-state index contributed by atoms with van der Waals surface area (Å²) < 4.78 is 11.1. The van der Waals surface area contributed by atoms with Gasteiger partial charge in [-0.3, -0.25) is 0 Å². The zero-order valence-electron chi connectivity index (χ0n) is 8.66. The fraction of sp³-hybridized carbons (Fsp3) is 0.800. The highest BCUT2D eigenvalue weighted by Gasteiger charge is 2.15. The second-order valence-electron chi connectivity index (χ2n) is 3.35. The Morgan fingerprint density at radius 1 is 1.23 bits per heavy atom. The molecule has 0 unspecified atom stereocenters. The molecule has 0 atom stereocenters. The predicted octanol–water partition coefficient (Wildman–Crippen LogP) is 2.18. The Hall–Kier alpha value is -0.123. The Bertz CT molecular complexity index is 149. The maximum atomic E-state index is 5.53. The summed E-state index contributed by atoms with van der Waals surface area (Å²) in [5.74, 6) is 0.816. The minimum atomic E-state index is -1.45. The standard InChI is InChI=1S/C10H20O2Si/c1-3-11-13(12-4-2)9-8-10-6-5-7-10/h8-10,13H,3-7H2,1-2H3. The van der Waals surface area contributed by atoms with Crippen LogP contribution in [0.1, 0.15) is 33.1 Å². The van der Waals surface area contributed by atoms with Crippen LogP contribution in [0.4, 0.5) is 0 Å². The molecule has 76 valence electrons. The zero-order valence-corrected chi connectivity index (χ0v) is 9.82. The number of hydrogen-bond acceptors (Lipinski definition) is 2. The van der Waals surface area contributed by atoms with Gasteiger partial charge in [0.25, 0.3) is 0 Å². The highest BCUT2D eigenvalue weighted by Crippen LogP contribution is 2.27. The molecule has 0 aliphatic heterocycles. The van der Waals surface area contributed by atoms with Crippen LogP contribution in [0.5, 0.6) is 0 Å². The van der Waals surface area contributed by atoms with Crippen molar-refractivity contribution in [3.63, 3.8) is 0 Å². The van der Waals surface area contributed by atoms with E-state index < -0.39 is 9.28 Å². The molecule has 1 aliphatic carbocycles. The van der Waals surface area contributed by atoms with Gasteiger partial charge in [-0.15, -0.1) is 0 Å². The van der Waals surface area contributed by atoms with Crippen LogP contribution in [-0.2, 0) is 8.85 Å². The molecule has 13 heavy (non-hydrogen) atoms. The normalized spacial score (nSPS) is 18.4. The van der Waals surface area contributed by atoms with Gasteiger partial charge in [0, 0.05) is 13.2 Å². The summed E-state index contributed by atoms with van der Waals surface area (Å²) >= 11 is 0. The van der Waals surface area contributed by atoms with Crippen molar-refractivity contribution >= 4 is 9.28 Å². The van der Waals surface area contributed by atoms with Crippen LogP contribution in [0.3, 0.4) is 0 Å². The average Bonchev–Trinajstić information content (AvgIpc) is 2.02. The minimum absolute atomic E-state index is 0.770. The smallest absolute Gasteiger partial charge is 0.348 e. The lowest BCUT2D eigenvalue weighted by Gasteiger charge is -2.22. The molecule has 1 saturated carbocycles. The molecule has 2 nitrogen and oxygen atoms in total. The van der Waals surface area contributed by atoms with Crippen molar-refractivity contribution in [3.05, 3.63) is 11.8 Å². The SMILES string of the molecule is CCO[SiH](C=CC1CCC1)OCC. The topological polar surface area (TPSA) is 18.5 Å². The fourth-order valence-corrected chi connectivity index (χ4v) is 2.84. The molecular weight excluding hydrogens is 180 g/mol. The number of allylic oxidation sites excluding steroid dienone is 1. The van der Waals surface area contributed by atoms with Crippen LogP contribution >= 0.6 is 0 Å². The van der Waals surface area contributed by atoms with Gasteiger partial charge in [0.15, 0.2) is 0 Å². The van der Waals surface area contributed by atoms with E-state index in [2.05, 4.69) is 11.8 Å². The summed E-state index contributed by atoms with van der Waals surface area (Å²) in [6, 6.07) is 0. The molecule has 0 saturated heterocycles. The molecule has 0 spiro atoms. The van der Waals surface area contributed by atoms with Gasteiger partial charge in [0.1, 0.15) is 0 Å². The molecule has 0 aromatic heterocycles.